The molecule has 3 rings (SSSR count). The lowest BCUT2D eigenvalue weighted by Crippen LogP contribution is -2.47. The Kier molecular flexibility index (Phi) is 6.17. The van der Waals surface area contributed by atoms with Gasteiger partial charge < -0.3 is 11.1 Å². The summed E-state index contributed by atoms with van der Waals surface area (Å²) in [7, 11) is 0. The predicted octanol–water partition coefficient (Wildman–Crippen LogP) is 3.17. The van der Waals surface area contributed by atoms with Gasteiger partial charge >= 0.3 is 0 Å². The summed E-state index contributed by atoms with van der Waals surface area (Å²) in [6.07, 6.45) is 0.120. The number of hydrogen-bond donors (Lipinski definition) is 2. The van der Waals surface area contributed by atoms with Crippen molar-refractivity contribution in [3.8, 4) is 0 Å². The molecule has 5 heteroatoms. The number of amides is 2. The number of halogens is 1. The van der Waals surface area contributed by atoms with E-state index in [0.717, 1.165) is 11.1 Å². The van der Waals surface area contributed by atoms with Gasteiger partial charge in [-0.3, -0.25) is 9.59 Å². The minimum Gasteiger partial charge on any atom is -0.368 e. The molecule has 0 aliphatic carbocycles. The zero-order valence-electron chi connectivity index (χ0n) is 15.2. The van der Waals surface area contributed by atoms with Crippen molar-refractivity contribution in [1.82, 2.24) is 5.32 Å². The van der Waals surface area contributed by atoms with Crippen molar-refractivity contribution in [2.24, 2.45) is 5.73 Å². The molecule has 0 fully saturated rings. The number of rotatable bonds is 7. The third-order valence-corrected chi connectivity index (χ3v) is 4.52. The molecule has 4 nitrogen and oxygen atoms in total. The number of hydrogen-bond acceptors (Lipinski definition) is 2. The van der Waals surface area contributed by atoms with E-state index < -0.39 is 23.7 Å². The van der Waals surface area contributed by atoms with Crippen LogP contribution in [0.4, 0.5) is 4.39 Å². The average molecular weight is 376 g/mol. The standard InChI is InChI=1S/C23H21FN2O2/c24-19-13-7-8-16(14-19)15-20(22(25)27)26-23(28)21(17-9-3-1-4-10-17)18-11-5-2-6-12-18/h1-14,20-21H,15H2,(H2,25,27)(H,26,28)/t20-/m1/s1. The van der Waals surface area contributed by atoms with Crippen molar-refractivity contribution in [1.29, 1.82) is 0 Å². The average Bonchev–Trinajstić information content (AvgIpc) is 2.69. The maximum atomic E-state index is 13.4. The molecular weight excluding hydrogens is 355 g/mol. The van der Waals surface area contributed by atoms with Gasteiger partial charge in [0, 0.05) is 6.42 Å². The summed E-state index contributed by atoms with van der Waals surface area (Å²) in [5, 5.41) is 2.75. The number of carbonyl (C=O) groups excluding carboxylic acids is 2. The Balaban J connectivity index is 1.86. The number of nitrogens with two attached hydrogens (primary N) is 1. The fourth-order valence-corrected chi connectivity index (χ4v) is 3.16. The summed E-state index contributed by atoms with van der Waals surface area (Å²) in [5.74, 6) is -2.00. The number of primary amides is 1. The van der Waals surface area contributed by atoms with Gasteiger partial charge in [0.1, 0.15) is 11.9 Å². The van der Waals surface area contributed by atoms with Crippen LogP contribution >= 0.6 is 0 Å². The molecule has 0 bridgehead atoms. The molecule has 3 aromatic rings. The number of carbonyl (C=O) groups is 2. The molecule has 0 saturated heterocycles. The molecule has 0 radical (unpaired) electrons. The van der Waals surface area contributed by atoms with Gasteiger partial charge in [0.05, 0.1) is 5.92 Å². The highest BCUT2D eigenvalue weighted by atomic mass is 19.1. The molecular formula is C23H21FN2O2. The van der Waals surface area contributed by atoms with E-state index in [4.69, 9.17) is 5.73 Å². The fraction of sp³-hybridized carbons (Fsp3) is 0.130. The maximum absolute atomic E-state index is 13.4. The normalized spacial score (nSPS) is 11.8. The van der Waals surface area contributed by atoms with Gasteiger partial charge in [-0.2, -0.15) is 0 Å². The molecule has 0 spiro atoms. The Morgan fingerprint density at radius 3 is 1.93 bits per heavy atom. The van der Waals surface area contributed by atoms with Crippen molar-refractivity contribution in [2.75, 3.05) is 0 Å². The quantitative estimate of drug-likeness (QED) is 0.665. The van der Waals surface area contributed by atoms with Crippen LogP contribution in [-0.2, 0) is 16.0 Å². The van der Waals surface area contributed by atoms with Crippen LogP contribution in [0.5, 0.6) is 0 Å². The van der Waals surface area contributed by atoms with E-state index in [-0.39, 0.29) is 12.3 Å². The third-order valence-electron chi connectivity index (χ3n) is 4.52. The molecule has 0 unspecified atom stereocenters. The van der Waals surface area contributed by atoms with E-state index in [2.05, 4.69) is 5.32 Å². The van der Waals surface area contributed by atoms with Crippen LogP contribution in [0.2, 0.25) is 0 Å². The highest BCUT2D eigenvalue weighted by molar-refractivity contribution is 5.92. The Hall–Kier alpha value is -3.47. The van der Waals surface area contributed by atoms with Gasteiger partial charge in [0.25, 0.3) is 0 Å². The van der Waals surface area contributed by atoms with Crippen LogP contribution in [0.1, 0.15) is 22.6 Å². The van der Waals surface area contributed by atoms with Crippen molar-refractivity contribution < 1.29 is 14.0 Å². The molecule has 3 N–H and O–H groups in total. The third kappa shape index (κ3) is 4.82. The Morgan fingerprint density at radius 2 is 1.43 bits per heavy atom. The summed E-state index contributed by atoms with van der Waals surface area (Å²) in [6.45, 7) is 0. The van der Waals surface area contributed by atoms with Gasteiger partial charge in [-0.25, -0.2) is 4.39 Å². The van der Waals surface area contributed by atoms with Crippen LogP contribution in [0.15, 0.2) is 84.9 Å². The van der Waals surface area contributed by atoms with Crippen LogP contribution in [-0.4, -0.2) is 17.9 Å². The number of benzene rings is 3. The van der Waals surface area contributed by atoms with Gasteiger partial charge in [0.15, 0.2) is 0 Å². The van der Waals surface area contributed by atoms with Gasteiger partial charge in [0.2, 0.25) is 11.8 Å². The molecule has 1 atom stereocenters. The monoisotopic (exact) mass is 376 g/mol. The molecule has 28 heavy (non-hydrogen) atoms. The lowest BCUT2D eigenvalue weighted by molar-refractivity contribution is -0.127. The largest absolute Gasteiger partial charge is 0.368 e. The molecule has 0 aromatic heterocycles. The van der Waals surface area contributed by atoms with Gasteiger partial charge in [-0.05, 0) is 28.8 Å². The first-order valence-electron chi connectivity index (χ1n) is 8.98. The van der Waals surface area contributed by atoms with Crippen LogP contribution in [0, 0.1) is 5.82 Å². The first kappa shape index (κ1) is 19.3. The summed E-state index contributed by atoms with van der Waals surface area (Å²) in [4.78, 5) is 25.1. The van der Waals surface area contributed by atoms with E-state index in [9.17, 15) is 14.0 Å². The fourth-order valence-electron chi connectivity index (χ4n) is 3.16. The van der Waals surface area contributed by atoms with Crippen molar-refractivity contribution in [3.05, 3.63) is 107 Å². The first-order valence-corrected chi connectivity index (χ1v) is 8.98. The SMILES string of the molecule is NC(=O)[C@@H](Cc1cccc(F)c1)NC(=O)C(c1ccccc1)c1ccccc1. The Labute approximate surface area is 163 Å². The lowest BCUT2D eigenvalue weighted by atomic mass is 9.90. The lowest BCUT2D eigenvalue weighted by Gasteiger charge is -2.22. The summed E-state index contributed by atoms with van der Waals surface area (Å²) < 4.78 is 13.4. The van der Waals surface area contributed by atoms with Gasteiger partial charge in [-0.1, -0.05) is 72.8 Å². The summed E-state index contributed by atoms with van der Waals surface area (Å²) in [6, 6.07) is 23.6. The van der Waals surface area contributed by atoms with Crippen molar-refractivity contribution in [3.63, 3.8) is 0 Å². The minimum atomic E-state index is -0.941. The maximum Gasteiger partial charge on any atom is 0.240 e. The van der Waals surface area contributed by atoms with E-state index in [1.54, 1.807) is 12.1 Å². The van der Waals surface area contributed by atoms with Crippen molar-refractivity contribution >= 4 is 11.8 Å². The van der Waals surface area contributed by atoms with Crippen LogP contribution in [0.3, 0.4) is 0 Å². The molecule has 0 saturated carbocycles. The minimum absolute atomic E-state index is 0.120. The topological polar surface area (TPSA) is 72.2 Å². The van der Waals surface area contributed by atoms with E-state index in [1.807, 2.05) is 60.7 Å². The van der Waals surface area contributed by atoms with E-state index in [1.165, 1.54) is 12.1 Å². The molecule has 3 aromatic carbocycles. The summed E-state index contributed by atoms with van der Waals surface area (Å²) >= 11 is 0. The highest BCUT2D eigenvalue weighted by Gasteiger charge is 2.27. The second-order valence-electron chi connectivity index (χ2n) is 6.55. The predicted molar refractivity (Wildman–Crippen MR) is 106 cm³/mol. The molecule has 142 valence electrons. The molecule has 0 aliphatic heterocycles. The highest BCUT2D eigenvalue weighted by Crippen LogP contribution is 2.25. The zero-order valence-corrected chi connectivity index (χ0v) is 15.2. The molecule has 0 heterocycles. The smallest absolute Gasteiger partial charge is 0.240 e. The van der Waals surface area contributed by atoms with E-state index in [0.29, 0.717) is 5.56 Å². The van der Waals surface area contributed by atoms with Crippen molar-refractivity contribution in [2.45, 2.75) is 18.4 Å². The molecule has 2 amide bonds. The summed E-state index contributed by atoms with van der Waals surface area (Å²) in [5.41, 5.74) is 7.70. The van der Waals surface area contributed by atoms with Gasteiger partial charge in [-0.15, -0.1) is 0 Å². The number of nitrogens with one attached hydrogen (secondary N) is 1. The van der Waals surface area contributed by atoms with Crippen LogP contribution < -0.4 is 11.1 Å². The Morgan fingerprint density at radius 1 is 0.857 bits per heavy atom. The first-order chi connectivity index (χ1) is 13.5. The van der Waals surface area contributed by atoms with Crippen LogP contribution in [0.25, 0.3) is 0 Å². The molecule has 0 aliphatic rings. The van der Waals surface area contributed by atoms with E-state index >= 15 is 0 Å². The zero-order chi connectivity index (χ0) is 19.9. The second-order valence-corrected chi connectivity index (χ2v) is 6.55. The Bertz CT molecular complexity index is 906. The second kappa shape index (κ2) is 8.95.